The Balaban J connectivity index is 2.41. The molecule has 1 unspecified atom stereocenters. The molecule has 0 aromatic rings. The quantitative estimate of drug-likeness (QED) is 0.825. The Morgan fingerprint density at radius 3 is 2.17 bits per heavy atom. The summed E-state index contributed by atoms with van der Waals surface area (Å²) in [6.07, 6.45) is 1.58. The van der Waals surface area contributed by atoms with E-state index in [-0.39, 0.29) is 24.0 Å². The second kappa shape index (κ2) is 6.53. The van der Waals surface area contributed by atoms with E-state index in [4.69, 9.17) is 0 Å². The number of carbonyl (C=O) groups is 1. The molecule has 0 bridgehead atoms. The Labute approximate surface area is 111 Å². The normalized spacial score (nSPS) is 19.9. The number of piperazine rings is 1. The van der Waals surface area contributed by atoms with E-state index in [1.165, 1.54) is 0 Å². The van der Waals surface area contributed by atoms with Gasteiger partial charge < -0.3 is 10.0 Å². The van der Waals surface area contributed by atoms with Crippen molar-refractivity contribution in [3.63, 3.8) is 0 Å². The molecule has 1 heterocycles. The lowest BCUT2D eigenvalue weighted by Gasteiger charge is -2.39. The van der Waals surface area contributed by atoms with Gasteiger partial charge in [0.2, 0.25) is 5.91 Å². The fourth-order valence-corrected chi connectivity index (χ4v) is 2.40. The van der Waals surface area contributed by atoms with Crippen molar-refractivity contribution in [1.29, 1.82) is 0 Å². The summed E-state index contributed by atoms with van der Waals surface area (Å²) in [6, 6.07) is 0.255. The van der Waals surface area contributed by atoms with Crippen molar-refractivity contribution in [3.05, 3.63) is 0 Å². The summed E-state index contributed by atoms with van der Waals surface area (Å²) >= 11 is 0. The number of nitrogens with zero attached hydrogens (tertiary/aromatic N) is 2. The smallest absolute Gasteiger partial charge is 0.223 e. The van der Waals surface area contributed by atoms with Crippen molar-refractivity contribution < 1.29 is 9.90 Å². The van der Waals surface area contributed by atoms with Gasteiger partial charge in [-0.25, -0.2) is 0 Å². The number of aliphatic hydroxyl groups is 1. The molecule has 1 saturated heterocycles. The summed E-state index contributed by atoms with van der Waals surface area (Å²) < 4.78 is 0. The molecule has 1 fully saturated rings. The molecule has 106 valence electrons. The molecule has 0 saturated carbocycles. The molecule has 1 N–H and O–H groups in total. The number of carbonyl (C=O) groups excluding carboxylic acids is 1. The van der Waals surface area contributed by atoms with Gasteiger partial charge in [0.25, 0.3) is 0 Å². The topological polar surface area (TPSA) is 43.8 Å². The maximum atomic E-state index is 12.1. The van der Waals surface area contributed by atoms with Crippen LogP contribution in [0.5, 0.6) is 0 Å². The lowest BCUT2D eigenvalue weighted by Crippen LogP contribution is -2.53. The van der Waals surface area contributed by atoms with Crippen LogP contribution in [0, 0.1) is 5.41 Å². The van der Waals surface area contributed by atoms with Gasteiger partial charge in [0.1, 0.15) is 0 Å². The van der Waals surface area contributed by atoms with Crippen LogP contribution in [-0.4, -0.2) is 59.6 Å². The minimum absolute atomic E-state index is 0.0608. The van der Waals surface area contributed by atoms with Crippen molar-refractivity contribution in [1.82, 2.24) is 9.80 Å². The van der Waals surface area contributed by atoms with Gasteiger partial charge in [-0.2, -0.15) is 0 Å². The molecule has 1 aliphatic heterocycles. The van der Waals surface area contributed by atoms with Crippen molar-refractivity contribution in [2.24, 2.45) is 5.41 Å². The molecule has 0 aromatic heterocycles. The van der Waals surface area contributed by atoms with Crippen LogP contribution in [0.4, 0.5) is 0 Å². The molecule has 1 atom stereocenters. The molecule has 0 aliphatic carbocycles. The van der Waals surface area contributed by atoms with Gasteiger partial charge in [-0.1, -0.05) is 27.7 Å². The zero-order chi connectivity index (χ0) is 13.8. The standard InChI is InChI=1S/C14H28N2O2/c1-5-12(11-17)15-6-8-16(9-7-15)13(18)10-14(2,3)4/h12,17H,5-11H2,1-4H3. The van der Waals surface area contributed by atoms with Crippen LogP contribution in [-0.2, 0) is 4.79 Å². The average Bonchev–Trinajstić information content (AvgIpc) is 2.29. The Morgan fingerprint density at radius 2 is 1.78 bits per heavy atom. The Bertz CT molecular complexity index is 261. The maximum Gasteiger partial charge on any atom is 0.223 e. The third kappa shape index (κ3) is 4.58. The SMILES string of the molecule is CCC(CO)N1CCN(C(=O)CC(C)(C)C)CC1. The van der Waals surface area contributed by atoms with E-state index < -0.39 is 0 Å². The van der Waals surface area contributed by atoms with Crippen molar-refractivity contribution in [2.75, 3.05) is 32.8 Å². The predicted octanol–water partition coefficient (Wildman–Crippen LogP) is 1.34. The highest BCUT2D eigenvalue weighted by molar-refractivity contribution is 5.76. The Hall–Kier alpha value is -0.610. The highest BCUT2D eigenvalue weighted by atomic mass is 16.3. The lowest BCUT2D eigenvalue weighted by molar-refractivity contribution is -0.135. The number of aliphatic hydroxyl groups excluding tert-OH is 1. The zero-order valence-electron chi connectivity index (χ0n) is 12.3. The first-order valence-electron chi connectivity index (χ1n) is 7.00. The molecule has 1 rings (SSSR count). The maximum absolute atomic E-state index is 12.1. The van der Waals surface area contributed by atoms with Crippen LogP contribution in [0.15, 0.2) is 0 Å². The molecule has 4 heteroatoms. The van der Waals surface area contributed by atoms with Gasteiger partial charge in [-0.15, -0.1) is 0 Å². The first-order chi connectivity index (χ1) is 8.37. The lowest BCUT2D eigenvalue weighted by atomic mass is 9.91. The summed E-state index contributed by atoms with van der Waals surface area (Å²) in [7, 11) is 0. The van der Waals surface area contributed by atoms with Crippen LogP contribution in [0.1, 0.15) is 40.5 Å². The van der Waals surface area contributed by atoms with Crippen LogP contribution < -0.4 is 0 Å². The molecule has 1 aliphatic rings. The highest BCUT2D eigenvalue weighted by Crippen LogP contribution is 2.20. The molecular weight excluding hydrogens is 228 g/mol. The fourth-order valence-electron chi connectivity index (χ4n) is 2.40. The third-order valence-corrected chi connectivity index (χ3v) is 3.55. The monoisotopic (exact) mass is 256 g/mol. The molecule has 4 nitrogen and oxygen atoms in total. The van der Waals surface area contributed by atoms with E-state index in [9.17, 15) is 9.90 Å². The summed E-state index contributed by atoms with van der Waals surface area (Å²) in [5.41, 5.74) is 0.0608. The summed E-state index contributed by atoms with van der Waals surface area (Å²) in [6.45, 7) is 12.0. The fraction of sp³-hybridized carbons (Fsp3) is 0.929. The Kier molecular flexibility index (Phi) is 5.60. The number of hydrogen-bond donors (Lipinski definition) is 1. The first kappa shape index (κ1) is 15.4. The van der Waals surface area contributed by atoms with Crippen molar-refractivity contribution >= 4 is 5.91 Å². The first-order valence-corrected chi connectivity index (χ1v) is 7.00. The van der Waals surface area contributed by atoms with Crippen LogP contribution >= 0.6 is 0 Å². The third-order valence-electron chi connectivity index (χ3n) is 3.55. The van der Waals surface area contributed by atoms with Crippen LogP contribution in [0.2, 0.25) is 0 Å². The van der Waals surface area contributed by atoms with Gasteiger partial charge >= 0.3 is 0 Å². The van der Waals surface area contributed by atoms with E-state index in [2.05, 4.69) is 32.6 Å². The minimum Gasteiger partial charge on any atom is -0.395 e. The molecule has 0 radical (unpaired) electrons. The molecule has 0 spiro atoms. The zero-order valence-corrected chi connectivity index (χ0v) is 12.3. The van der Waals surface area contributed by atoms with E-state index in [0.29, 0.717) is 6.42 Å². The number of hydrogen-bond acceptors (Lipinski definition) is 3. The number of rotatable bonds is 4. The number of amides is 1. The van der Waals surface area contributed by atoms with Crippen LogP contribution in [0.25, 0.3) is 0 Å². The van der Waals surface area contributed by atoms with Gasteiger partial charge in [-0.05, 0) is 11.8 Å². The van der Waals surface area contributed by atoms with Gasteiger partial charge in [-0.3, -0.25) is 9.69 Å². The molecule has 0 aromatic carbocycles. The Morgan fingerprint density at radius 1 is 1.22 bits per heavy atom. The van der Waals surface area contributed by atoms with Gasteiger partial charge in [0.15, 0.2) is 0 Å². The average molecular weight is 256 g/mol. The largest absolute Gasteiger partial charge is 0.395 e. The summed E-state index contributed by atoms with van der Waals surface area (Å²) in [5, 5.41) is 9.28. The highest BCUT2D eigenvalue weighted by Gasteiger charge is 2.26. The van der Waals surface area contributed by atoms with E-state index in [1.807, 2.05) is 4.90 Å². The van der Waals surface area contributed by atoms with Gasteiger partial charge in [0, 0.05) is 38.6 Å². The summed E-state index contributed by atoms with van der Waals surface area (Å²) in [5.74, 6) is 0.263. The van der Waals surface area contributed by atoms with E-state index in [0.717, 1.165) is 32.6 Å². The second-order valence-electron chi connectivity index (χ2n) is 6.40. The molecule has 18 heavy (non-hydrogen) atoms. The van der Waals surface area contributed by atoms with Crippen molar-refractivity contribution in [2.45, 2.75) is 46.6 Å². The predicted molar refractivity (Wildman–Crippen MR) is 73.4 cm³/mol. The molecule has 1 amide bonds. The van der Waals surface area contributed by atoms with Gasteiger partial charge in [0.05, 0.1) is 6.61 Å². The van der Waals surface area contributed by atoms with Crippen LogP contribution in [0.3, 0.4) is 0 Å². The second-order valence-corrected chi connectivity index (χ2v) is 6.40. The molecular formula is C14H28N2O2. The minimum atomic E-state index is 0.0608. The van der Waals surface area contributed by atoms with Crippen molar-refractivity contribution in [3.8, 4) is 0 Å². The van der Waals surface area contributed by atoms with E-state index >= 15 is 0 Å². The van der Waals surface area contributed by atoms with E-state index in [1.54, 1.807) is 0 Å². The summed E-state index contributed by atoms with van der Waals surface area (Å²) in [4.78, 5) is 16.3.